The second-order valence-electron chi connectivity index (χ2n) is 6.47. The summed E-state index contributed by atoms with van der Waals surface area (Å²) in [5.74, 6) is 0.550. The van der Waals surface area contributed by atoms with Crippen molar-refractivity contribution in [1.82, 2.24) is 4.98 Å². The molecule has 2 rings (SSSR count). The Bertz CT molecular complexity index is 700. The van der Waals surface area contributed by atoms with Gasteiger partial charge in [-0.15, -0.1) is 0 Å². The molecule has 1 atom stereocenters. The Balaban J connectivity index is 2.42. The molecule has 1 aromatic heterocycles. The lowest BCUT2D eigenvalue weighted by molar-refractivity contribution is 0.579. The highest BCUT2D eigenvalue weighted by Crippen LogP contribution is 2.38. The summed E-state index contributed by atoms with van der Waals surface area (Å²) >= 11 is 6.32. The van der Waals surface area contributed by atoms with Crippen LogP contribution < -0.4 is 5.73 Å². The lowest BCUT2D eigenvalue weighted by Gasteiger charge is -2.21. The van der Waals surface area contributed by atoms with Crippen LogP contribution in [0.3, 0.4) is 0 Å². The molecule has 0 spiro atoms. The van der Waals surface area contributed by atoms with Crippen LogP contribution in [-0.4, -0.2) is 4.98 Å². The molecule has 2 aromatic rings. The van der Waals surface area contributed by atoms with Gasteiger partial charge in [0.05, 0.1) is 0 Å². The molecule has 24 heavy (non-hydrogen) atoms. The third kappa shape index (κ3) is 4.27. The van der Waals surface area contributed by atoms with Gasteiger partial charge in [-0.3, -0.25) is 0 Å². The number of aromatic nitrogens is 1. The molecular formula is C20H26ClFN2. The van der Waals surface area contributed by atoms with E-state index in [2.05, 4.69) is 18.8 Å². The summed E-state index contributed by atoms with van der Waals surface area (Å²) in [6.45, 7) is 6.39. The van der Waals surface area contributed by atoms with E-state index >= 15 is 0 Å². The lowest BCUT2D eigenvalue weighted by Crippen LogP contribution is -2.06. The highest BCUT2D eigenvalue weighted by atomic mass is 35.5. The predicted molar refractivity (Wildman–Crippen MR) is 101 cm³/mol. The molecule has 4 heteroatoms. The highest BCUT2D eigenvalue weighted by molar-refractivity contribution is 6.33. The Hall–Kier alpha value is -1.61. The molecule has 0 saturated carbocycles. The van der Waals surface area contributed by atoms with Gasteiger partial charge in [0.2, 0.25) is 0 Å². The van der Waals surface area contributed by atoms with Gasteiger partial charge in [-0.1, -0.05) is 51.1 Å². The Labute approximate surface area is 149 Å². The van der Waals surface area contributed by atoms with Crippen molar-refractivity contribution in [3.8, 4) is 11.1 Å². The standard InChI is InChI=1S/C20H26ClFN2/c1-4-5-6-7-8-13(2)19-14(3)20(23)24-12-17(19)16-11-15(22)9-10-18(16)21/h9-13H,4-8H2,1-3H3,(H2,23,24). The maximum atomic E-state index is 13.7. The van der Waals surface area contributed by atoms with Crippen LogP contribution in [0.4, 0.5) is 10.2 Å². The van der Waals surface area contributed by atoms with E-state index in [-0.39, 0.29) is 5.82 Å². The summed E-state index contributed by atoms with van der Waals surface area (Å²) in [5.41, 5.74) is 9.70. The molecule has 1 unspecified atom stereocenters. The molecule has 0 bridgehead atoms. The Morgan fingerprint density at radius 3 is 2.67 bits per heavy atom. The second kappa shape index (κ2) is 8.48. The van der Waals surface area contributed by atoms with Gasteiger partial charge < -0.3 is 5.73 Å². The number of pyridine rings is 1. The Morgan fingerprint density at radius 2 is 1.96 bits per heavy atom. The van der Waals surface area contributed by atoms with E-state index in [1.807, 2.05) is 6.92 Å². The zero-order valence-electron chi connectivity index (χ0n) is 14.7. The van der Waals surface area contributed by atoms with Crippen LogP contribution in [0.1, 0.15) is 63.0 Å². The first-order valence-electron chi connectivity index (χ1n) is 8.66. The summed E-state index contributed by atoms with van der Waals surface area (Å²) in [6.07, 6.45) is 7.68. The van der Waals surface area contributed by atoms with Crippen molar-refractivity contribution in [2.45, 2.75) is 58.8 Å². The highest BCUT2D eigenvalue weighted by Gasteiger charge is 2.19. The van der Waals surface area contributed by atoms with Gasteiger partial charge in [0.1, 0.15) is 11.6 Å². The zero-order chi connectivity index (χ0) is 17.7. The SMILES string of the molecule is CCCCCCC(C)c1c(-c2cc(F)ccc2Cl)cnc(N)c1C. The minimum absolute atomic E-state index is 0.301. The number of anilines is 1. The van der Waals surface area contributed by atoms with Gasteiger partial charge in [-0.05, 0) is 48.6 Å². The number of hydrogen-bond donors (Lipinski definition) is 1. The number of hydrogen-bond acceptors (Lipinski definition) is 2. The van der Waals surface area contributed by atoms with Gasteiger partial charge in [-0.25, -0.2) is 9.37 Å². The van der Waals surface area contributed by atoms with E-state index in [0.29, 0.717) is 22.3 Å². The molecule has 1 heterocycles. The maximum absolute atomic E-state index is 13.7. The average Bonchev–Trinajstić information content (AvgIpc) is 2.56. The van der Waals surface area contributed by atoms with Crippen molar-refractivity contribution in [3.63, 3.8) is 0 Å². The van der Waals surface area contributed by atoms with Crippen molar-refractivity contribution in [1.29, 1.82) is 0 Å². The van der Waals surface area contributed by atoms with Crippen molar-refractivity contribution >= 4 is 17.4 Å². The second-order valence-corrected chi connectivity index (χ2v) is 6.88. The van der Waals surface area contributed by atoms with Gasteiger partial charge in [0, 0.05) is 22.3 Å². The van der Waals surface area contributed by atoms with Gasteiger partial charge in [0.25, 0.3) is 0 Å². The molecule has 0 amide bonds. The first-order valence-corrected chi connectivity index (χ1v) is 9.03. The molecule has 1 aromatic carbocycles. The van der Waals surface area contributed by atoms with E-state index in [1.54, 1.807) is 12.3 Å². The largest absolute Gasteiger partial charge is 0.383 e. The van der Waals surface area contributed by atoms with E-state index in [9.17, 15) is 4.39 Å². The van der Waals surface area contributed by atoms with Crippen LogP contribution in [0.5, 0.6) is 0 Å². The third-order valence-corrected chi connectivity index (χ3v) is 4.94. The van der Waals surface area contributed by atoms with E-state index in [1.165, 1.54) is 37.8 Å². The summed E-state index contributed by atoms with van der Waals surface area (Å²) in [4.78, 5) is 4.28. The van der Waals surface area contributed by atoms with Crippen LogP contribution >= 0.6 is 11.6 Å². The first-order chi connectivity index (χ1) is 11.5. The number of nitrogen functional groups attached to an aromatic ring is 1. The molecule has 2 nitrogen and oxygen atoms in total. The summed E-state index contributed by atoms with van der Waals surface area (Å²) in [6, 6.07) is 4.44. The number of nitrogens with zero attached hydrogens (tertiary/aromatic N) is 1. The quantitative estimate of drug-likeness (QED) is 0.579. The molecular weight excluding hydrogens is 323 g/mol. The molecule has 130 valence electrons. The van der Waals surface area contributed by atoms with E-state index in [0.717, 1.165) is 23.1 Å². The van der Waals surface area contributed by atoms with Gasteiger partial charge in [-0.2, -0.15) is 0 Å². The zero-order valence-corrected chi connectivity index (χ0v) is 15.5. The number of unbranched alkanes of at least 4 members (excludes halogenated alkanes) is 3. The van der Waals surface area contributed by atoms with Crippen molar-refractivity contribution in [3.05, 3.63) is 46.4 Å². The maximum Gasteiger partial charge on any atom is 0.126 e. The van der Waals surface area contributed by atoms with Crippen LogP contribution in [0.15, 0.2) is 24.4 Å². The molecule has 0 aliphatic carbocycles. The van der Waals surface area contributed by atoms with Crippen LogP contribution in [0, 0.1) is 12.7 Å². The lowest BCUT2D eigenvalue weighted by atomic mass is 9.86. The molecule has 0 saturated heterocycles. The van der Waals surface area contributed by atoms with Gasteiger partial charge in [0.15, 0.2) is 0 Å². The molecule has 2 N–H and O–H groups in total. The Kier molecular flexibility index (Phi) is 6.61. The fraction of sp³-hybridized carbons (Fsp3) is 0.450. The average molecular weight is 349 g/mol. The number of nitrogens with two attached hydrogens (primary N) is 1. The molecule has 0 fully saturated rings. The molecule has 0 aliphatic heterocycles. The molecule has 0 aliphatic rings. The first kappa shape index (κ1) is 18.7. The minimum Gasteiger partial charge on any atom is -0.383 e. The summed E-state index contributed by atoms with van der Waals surface area (Å²) in [5, 5.41) is 0.529. The third-order valence-electron chi connectivity index (χ3n) is 4.61. The van der Waals surface area contributed by atoms with E-state index < -0.39 is 0 Å². The predicted octanol–water partition coefficient (Wildman–Crippen LogP) is 6.51. The van der Waals surface area contributed by atoms with Crippen LogP contribution in [0.2, 0.25) is 5.02 Å². The fourth-order valence-corrected chi connectivity index (χ4v) is 3.44. The Morgan fingerprint density at radius 1 is 1.21 bits per heavy atom. The normalized spacial score (nSPS) is 12.4. The van der Waals surface area contributed by atoms with Crippen LogP contribution in [0.25, 0.3) is 11.1 Å². The van der Waals surface area contributed by atoms with Crippen molar-refractivity contribution in [2.24, 2.45) is 0 Å². The number of benzene rings is 1. The van der Waals surface area contributed by atoms with Crippen molar-refractivity contribution in [2.75, 3.05) is 5.73 Å². The topological polar surface area (TPSA) is 38.9 Å². The summed E-state index contributed by atoms with van der Waals surface area (Å²) < 4.78 is 13.7. The number of rotatable bonds is 7. The smallest absolute Gasteiger partial charge is 0.126 e. The fourth-order valence-electron chi connectivity index (χ4n) is 3.22. The van der Waals surface area contributed by atoms with Crippen LogP contribution in [-0.2, 0) is 0 Å². The summed E-state index contributed by atoms with van der Waals surface area (Å²) in [7, 11) is 0. The molecule has 0 radical (unpaired) electrons. The van der Waals surface area contributed by atoms with Crippen molar-refractivity contribution < 1.29 is 4.39 Å². The minimum atomic E-state index is -0.301. The van der Waals surface area contributed by atoms with Gasteiger partial charge >= 0.3 is 0 Å². The monoisotopic (exact) mass is 348 g/mol. The number of halogens is 2. The van der Waals surface area contributed by atoms with E-state index in [4.69, 9.17) is 17.3 Å².